The van der Waals surface area contributed by atoms with Gasteiger partial charge in [0.1, 0.15) is 0 Å². The highest BCUT2D eigenvalue weighted by molar-refractivity contribution is 8.13. The highest BCUT2D eigenvalue weighted by atomic mass is 32.2. The van der Waals surface area contributed by atoms with Crippen LogP contribution in [0.1, 0.15) is 52.4 Å². The summed E-state index contributed by atoms with van der Waals surface area (Å²) in [6, 6.07) is 0. The predicted molar refractivity (Wildman–Crippen MR) is 88.6 cm³/mol. The number of thioether (sulfide) groups is 1. The second kappa shape index (κ2) is 8.28. The van der Waals surface area contributed by atoms with Gasteiger partial charge in [-0.15, -0.1) is 0 Å². The lowest BCUT2D eigenvalue weighted by Gasteiger charge is -2.38. The van der Waals surface area contributed by atoms with Crippen LogP contribution in [0.25, 0.3) is 0 Å². The van der Waals surface area contributed by atoms with Crippen LogP contribution in [0.4, 0.5) is 0 Å². The number of ether oxygens (including phenoxy) is 1. The number of rotatable bonds is 6. The summed E-state index contributed by atoms with van der Waals surface area (Å²) in [5.74, 6) is 1.99. The zero-order valence-electron chi connectivity index (χ0n) is 13.1. The molecule has 0 aromatic heterocycles. The molecule has 0 aromatic rings. The van der Waals surface area contributed by atoms with Crippen LogP contribution < -0.4 is 5.32 Å². The van der Waals surface area contributed by atoms with Crippen molar-refractivity contribution in [1.29, 1.82) is 0 Å². The maximum atomic E-state index is 5.62. The fraction of sp³-hybridized carbons (Fsp3) is 0.938. The largest absolute Gasteiger partial charge is 0.380 e. The van der Waals surface area contributed by atoms with Crippen LogP contribution in [-0.2, 0) is 4.74 Å². The van der Waals surface area contributed by atoms with Crippen LogP contribution >= 0.6 is 11.8 Å². The lowest BCUT2D eigenvalue weighted by molar-refractivity contribution is 0.128. The van der Waals surface area contributed by atoms with Gasteiger partial charge in [0, 0.05) is 25.4 Å². The Balaban J connectivity index is 1.58. The van der Waals surface area contributed by atoms with Crippen molar-refractivity contribution < 1.29 is 4.74 Å². The first kappa shape index (κ1) is 16.2. The topological polar surface area (TPSA) is 33.6 Å². The standard InChI is InChI=1S/C16H30N2OS/c1-14(2)6-10-19-11-9-17-15-18-12-16(13-20-15)7-4-3-5-8-16/h14H,3-13H2,1-2H3,(H,17,18). The Kier molecular flexibility index (Phi) is 6.69. The molecule has 0 atom stereocenters. The van der Waals surface area contributed by atoms with Gasteiger partial charge in [0.25, 0.3) is 0 Å². The predicted octanol–water partition coefficient (Wildman–Crippen LogP) is 3.69. The van der Waals surface area contributed by atoms with E-state index in [4.69, 9.17) is 9.73 Å². The minimum atomic E-state index is 0.530. The van der Waals surface area contributed by atoms with Crippen LogP contribution in [0.3, 0.4) is 0 Å². The van der Waals surface area contributed by atoms with Crippen molar-refractivity contribution in [3.05, 3.63) is 0 Å². The van der Waals surface area contributed by atoms with Crippen molar-refractivity contribution in [1.82, 2.24) is 5.32 Å². The monoisotopic (exact) mass is 298 g/mol. The summed E-state index contributed by atoms with van der Waals surface area (Å²) in [4.78, 5) is 4.77. The molecular weight excluding hydrogens is 268 g/mol. The third-order valence-electron chi connectivity index (χ3n) is 4.35. The molecule has 0 radical (unpaired) electrons. The summed E-state index contributed by atoms with van der Waals surface area (Å²) in [5, 5.41) is 4.55. The number of aliphatic imine (C=N–C) groups is 1. The lowest BCUT2D eigenvalue weighted by atomic mass is 9.75. The third-order valence-corrected chi connectivity index (χ3v) is 5.65. The summed E-state index contributed by atoms with van der Waals surface area (Å²) in [6.45, 7) is 8.05. The molecule has 1 saturated carbocycles. The molecule has 0 amide bonds. The number of hydrogen-bond donors (Lipinski definition) is 1. The van der Waals surface area contributed by atoms with Crippen molar-refractivity contribution in [2.75, 3.05) is 32.1 Å². The van der Waals surface area contributed by atoms with Crippen LogP contribution in [0.2, 0.25) is 0 Å². The van der Waals surface area contributed by atoms with E-state index in [0.717, 1.165) is 43.8 Å². The molecule has 4 heteroatoms. The van der Waals surface area contributed by atoms with Gasteiger partial charge in [0.2, 0.25) is 0 Å². The van der Waals surface area contributed by atoms with Gasteiger partial charge in [-0.25, -0.2) is 0 Å². The normalized spacial score (nSPS) is 22.1. The molecule has 1 aliphatic heterocycles. The van der Waals surface area contributed by atoms with Gasteiger partial charge >= 0.3 is 0 Å². The van der Waals surface area contributed by atoms with Crippen LogP contribution in [0, 0.1) is 11.3 Å². The fourth-order valence-electron chi connectivity index (χ4n) is 2.91. The van der Waals surface area contributed by atoms with Crippen molar-refractivity contribution in [3.8, 4) is 0 Å². The van der Waals surface area contributed by atoms with Gasteiger partial charge in [0.15, 0.2) is 5.17 Å². The van der Waals surface area contributed by atoms with Gasteiger partial charge in [0.05, 0.1) is 6.61 Å². The Hall–Kier alpha value is -0.220. The van der Waals surface area contributed by atoms with Gasteiger partial charge < -0.3 is 10.1 Å². The number of nitrogens with one attached hydrogen (secondary N) is 1. The molecule has 1 aliphatic carbocycles. The lowest BCUT2D eigenvalue weighted by Crippen LogP contribution is -2.37. The highest BCUT2D eigenvalue weighted by Gasteiger charge is 2.34. The molecule has 2 aliphatic rings. The number of amidine groups is 1. The molecule has 1 N–H and O–H groups in total. The molecule has 0 saturated heterocycles. The first-order chi connectivity index (χ1) is 9.70. The summed E-state index contributed by atoms with van der Waals surface area (Å²) in [7, 11) is 0. The Morgan fingerprint density at radius 1 is 1.25 bits per heavy atom. The molecule has 3 nitrogen and oxygen atoms in total. The Morgan fingerprint density at radius 3 is 2.70 bits per heavy atom. The second-order valence-electron chi connectivity index (χ2n) is 6.69. The zero-order chi connectivity index (χ0) is 14.3. The number of hydrogen-bond acceptors (Lipinski definition) is 4. The maximum Gasteiger partial charge on any atom is 0.156 e. The smallest absolute Gasteiger partial charge is 0.156 e. The zero-order valence-corrected chi connectivity index (χ0v) is 13.9. The molecule has 0 unspecified atom stereocenters. The van der Waals surface area contributed by atoms with E-state index in [9.17, 15) is 0 Å². The maximum absolute atomic E-state index is 5.62. The van der Waals surface area contributed by atoms with Crippen molar-refractivity contribution in [3.63, 3.8) is 0 Å². The van der Waals surface area contributed by atoms with Crippen LogP contribution in [0.5, 0.6) is 0 Å². The molecule has 1 spiro atoms. The Morgan fingerprint density at radius 2 is 2.05 bits per heavy atom. The minimum Gasteiger partial charge on any atom is -0.380 e. The SMILES string of the molecule is CC(C)CCOCCNC1=NCC2(CCCCC2)CS1. The summed E-state index contributed by atoms with van der Waals surface area (Å²) in [5.41, 5.74) is 0.530. The van der Waals surface area contributed by atoms with E-state index in [2.05, 4.69) is 19.2 Å². The second-order valence-corrected chi connectivity index (χ2v) is 7.66. The van der Waals surface area contributed by atoms with E-state index < -0.39 is 0 Å². The van der Waals surface area contributed by atoms with E-state index in [1.54, 1.807) is 0 Å². The van der Waals surface area contributed by atoms with Crippen LogP contribution in [0.15, 0.2) is 4.99 Å². The molecule has 116 valence electrons. The van der Waals surface area contributed by atoms with E-state index in [-0.39, 0.29) is 0 Å². The van der Waals surface area contributed by atoms with Crippen molar-refractivity contribution in [2.45, 2.75) is 52.4 Å². The highest BCUT2D eigenvalue weighted by Crippen LogP contribution is 2.41. The van der Waals surface area contributed by atoms with Gasteiger partial charge in [-0.05, 0) is 30.6 Å². The molecule has 1 heterocycles. The first-order valence-electron chi connectivity index (χ1n) is 8.19. The molecule has 1 fully saturated rings. The van der Waals surface area contributed by atoms with Crippen molar-refractivity contribution in [2.24, 2.45) is 16.3 Å². The third kappa shape index (κ3) is 5.28. The molecule has 0 aromatic carbocycles. The number of nitrogens with zero attached hydrogens (tertiary/aromatic N) is 1. The van der Waals surface area contributed by atoms with Gasteiger partial charge in [-0.2, -0.15) is 0 Å². The minimum absolute atomic E-state index is 0.530. The van der Waals surface area contributed by atoms with E-state index in [1.807, 2.05) is 11.8 Å². The summed E-state index contributed by atoms with van der Waals surface area (Å²) >= 11 is 1.92. The quantitative estimate of drug-likeness (QED) is 0.759. The van der Waals surface area contributed by atoms with Crippen LogP contribution in [-0.4, -0.2) is 37.2 Å². The molecule has 0 bridgehead atoms. The average Bonchev–Trinajstić information content (AvgIpc) is 2.45. The molecular formula is C16H30N2OS. The van der Waals surface area contributed by atoms with Crippen molar-refractivity contribution >= 4 is 16.9 Å². The average molecular weight is 298 g/mol. The first-order valence-corrected chi connectivity index (χ1v) is 9.18. The Bertz CT molecular complexity index is 312. The van der Waals surface area contributed by atoms with E-state index in [1.165, 1.54) is 37.9 Å². The summed E-state index contributed by atoms with van der Waals surface area (Å²) < 4.78 is 5.62. The van der Waals surface area contributed by atoms with Gasteiger partial charge in [-0.3, -0.25) is 4.99 Å². The fourth-order valence-corrected chi connectivity index (χ4v) is 4.10. The summed E-state index contributed by atoms with van der Waals surface area (Å²) in [6.07, 6.45) is 8.16. The Labute approximate surface area is 128 Å². The van der Waals surface area contributed by atoms with E-state index in [0.29, 0.717) is 5.41 Å². The van der Waals surface area contributed by atoms with Gasteiger partial charge in [-0.1, -0.05) is 44.9 Å². The molecule has 20 heavy (non-hydrogen) atoms. The molecule has 2 rings (SSSR count). The van der Waals surface area contributed by atoms with E-state index >= 15 is 0 Å².